The summed E-state index contributed by atoms with van der Waals surface area (Å²) < 4.78 is 0.997. The third-order valence-electron chi connectivity index (χ3n) is 3.60. The van der Waals surface area contributed by atoms with Gasteiger partial charge in [0.2, 0.25) is 0 Å². The Bertz CT molecular complexity index is 824. The summed E-state index contributed by atoms with van der Waals surface area (Å²) in [5, 5.41) is 7.26. The van der Waals surface area contributed by atoms with E-state index >= 15 is 0 Å². The highest BCUT2D eigenvalue weighted by atomic mass is 79.9. The van der Waals surface area contributed by atoms with Crippen molar-refractivity contribution in [1.82, 2.24) is 15.3 Å². The second-order valence-electron chi connectivity index (χ2n) is 5.51. The van der Waals surface area contributed by atoms with Crippen LogP contribution in [0.15, 0.2) is 34.1 Å². The van der Waals surface area contributed by atoms with E-state index in [2.05, 4.69) is 36.6 Å². The fraction of sp³-hybridized carbons (Fsp3) is 0.294. The molecule has 0 unspecified atom stereocenters. The summed E-state index contributed by atoms with van der Waals surface area (Å²) in [7, 11) is 0. The fourth-order valence-electron chi connectivity index (χ4n) is 2.44. The van der Waals surface area contributed by atoms with Crippen LogP contribution in [0.2, 0.25) is 0 Å². The van der Waals surface area contributed by atoms with Gasteiger partial charge in [0.15, 0.2) is 0 Å². The van der Waals surface area contributed by atoms with Crippen LogP contribution in [-0.2, 0) is 6.42 Å². The Hall–Kier alpha value is -1.66. The summed E-state index contributed by atoms with van der Waals surface area (Å²) in [5.41, 5.74) is 2.65. The van der Waals surface area contributed by atoms with Gasteiger partial charge in [0.05, 0.1) is 5.01 Å². The number of hydrogen-bond acceptors (Lipinski definition) is 3. The molecule has 0 fully saturated rings. The number of carbonyl (C=O) groups is 1. The second kappa shape index (κ2) is 7.27. The molecule has 2 heterocycles. The van der Waals surface area contributed by atoms with Gasteiger partial charge < -0.3 is 10.3 Å². The Labute approximate surface area is 147 Å². The molecule has 23 heavy (non-hydrogen) atoms. The minimum absolute atomic E-state index is 0.0533. The SMILES string of the molecule is Cc1csc(CCCCNC(=O)c2cc3ccc(Br)cc3[nH]2)n1. The molecule has 3 aromatic rings. The molecule has 0 spiro atoms. The van der Waals surface area contributed by atoms with Crippen molar-refractivity contribution in [3.8, 4) is 0 Å². The quantitative estimate of drug-likeness (QED) is 0.609. The zero-order chi connectivity index (χ0) is 16.2. The molecule has 0 bridgehead atoms. The molecule has 2 N–H and O–H groups in total. The van der Waals surface area contributed by atoms with Crippen LogP contribution >= 0.6 is 27.3 Å². The van der Waals surface area contributed by atoms with Crippen LogP contribution in [0.5, 0.6) is 0 Å². The van der Waals surface area contributed by atoms with Gasteiger partial charge in [0.25, 0.3) is 5.91 Å². The summed E-state index contributed by atoms with van der Waals surface area (Å²) in [6.45, 7) is 2.70. The van der Waals surface area contributed by atoms with Gasteiger partial charge in [-0.05, 0) is 44.4 Å². The number of unbranched alkanes of at least 4 members (excludes halogenated alkanes) is 1. The summed E-state index contributed by atoms with van der Waals surface area (Å²) in [6.07, 6.45) is 2.97. The number of halogens is 1. The van der Waals surface area contributed by atoms with Crippen LogP contribution in [0.3, 0.4) is 0 Å². The van der Waals surface area contributed by atoms with Gasteiger partial charge in [-0.2, -0.15) is 0 Å². The lowest BCUT2D eigenvalue weighted by Crippen LogP contribution is -2.24. The molecule has 3 rings (SSSR count). The number of carbonyl (C=O) groups excluding carboxylic acids is 1. The number of benzene rings is 1. The standard InChI is InChI=1S/C17H18BrN3OS/c1-11-10-23-16(20-11)4-2-3-7-19-17(22)15-8-12-5-6-13(18)9-14(12)21-15/h5-6,8-10,21H,2-4,7H2,1H3,(H,19,22). The third-order valence-corrected chi connectivity index (χ3v) is 5.12. The first-order valence-electron chi connectivity index (χ1n) is 7.59. The number of amides is 1. The molecule has 0 saturated heterocycles. The molecule has 0 saturated carbocycles. The molecule has 0 radical (unpaired) electrons. The van der Waals surface area contributed by atoms with Crippen LogP contribution in [-0.4, -0.2) is 22.4 Å². The molecule has 0 aliphatic rings. The van der Waals surface area contributed by atoms with Crippen molar-refractivity contribution in [3.05, 3.63) is 50.5 Å². The minimum Gasteiger partial charge on any atom is -0.351 e. The molecule has 2 aromatic heterocycles. The maximum Gasteiger partial charge on any atom is 0.267 e. The number of nitrogens with one attached hydrogen (secondary N) is 2. The molecule has 0 atom stereocenters. The number of hydrogen-bond donors (Lipinski definition) is 2. The van der Waals surface area contributed by atoms with E-state index in [1.807, 2.05) is 31.2 Å². The van der Waals surface area contributed by atoms with Crippen molar-refractivity contribution in [2.75, 3.05) is 6.54 Å². The van der Waals surface area contributed by atoms with Gasteiger partial charge in [-0.3, -0.25) is 4.79 Å². The fourth-order valence-corrected chi connectivity index (χ4v) is 3.62. The van der Waals surface area contributed by atoms with Crippen molar-refractivity contribution in [3.63, 3.8) is 0 Å². The Kier molecular flexibility index (Phi) is 5.13. The van der Waals surface area contributed by atoms with Gasteiger partial charge in [-0.15, -0.1) is 11.3 Å². The zero-order valence-electron chi connectivity index (χ0n) is 12.9. The monoisotopic (exact) mass is 391 g/mol. The number of aromatic nitrogens is 2. The number of H-pyrrole nitrogens is 1. The van der Waals surface area contributed by atoms with Gasteiger partial charge >= 0.3 is 0 Å². The van der Waals surface area contributed by atoms with Gasteiger partial charge in [0.1, 0.15) is 5.69 Å². The van der Waals surface area contributed by atoms with Gasteiger partial charge in [-0.25, -0.2) is 4.98 Å². The van der Waals surface area contributed by atoms with Crippen LogP contribution in [0.1, 0.15) is 34.0 Å². The first kappa shape index (κ1) is 16.2. The predicted octanol–water partition coefficient (Wildman–Crippen LogP) is 4.45. The number of aryl methyl sites for hydroxylation is 2. The predicted molar refractivity (Wildman–Crippen MR) is 98.1 cm³/mol. The normalized spacial score (nSPS) is 11.0. The molecule has 120 valence electrons. The van der Waals surface area contributed by atoms with E-state index in [9.17, 15) is 4.79 Å². The van der Waals surface area contributed by atoms with Crippen molar-refractivity contribution >= 4 is 44.1 Å². The van der Waals surface area contributed by atoms with E-state index in [4.69, 9.17) is 0 Å². The highest BCUT2D eigenvalue weighted by molar-refractivity contribution is 9.10. The van der Waals surface area contributed by atoms with E-state index in [-0.39, 0.29) is 5.91 Å². The van der Waals surface area contributed by atoms with Gasteiger partial charge in [0, 0.05) is 33.0 Å². The first-order chi connectivity index (χ1) is 11.1. The molecule has 1 aromatic carbocycles. The number of rotatable bonds is 6. The average molecular weight is 392 g/mol. The maximum atomic E-state index is 12.2. The largest absolute Gasteiger partial charge is 0.351 e. The van der Waals surface area contributed by atoms with E-state index in [0.29, 0.717) is 12.2 Å². The lowest BCUT2D eigenvalue weighted by molar-refractivity contribution is 0.0949. The highest BCUT2D eigenvalue weighted by Crippen LogP contribution is 2.20. The zero-order valence-corrected chi connectivity index (χ0v) is 15.3. The summed E-state index contributed by atoms with van der Waals surface area (Å²) in [6, 6.07) is 7.82. The number of thiazole rings is 1. The molecule has 0 aliphatic carbocycles. The van der Waals surface area contributed by atoms with Gasteiger partial charge in [-0.1, -0.05) is 22.0 Å². The number of aromatic amines is 1. The van der Waals surface area contributed by atoms with Crippen LogP contribution in [0.4, 0.5) is 0 Å². The smallest absolute Gasteiger partial charge is 0.267 e. The second-order valence-corrected chi connectivity index (χ2v) is 7.37. The van der Waals surface area contributed by atoms with Crippen LogP contribution < -0.4 is 5.32 Å². The molecular weight excluding hydrogens is 374 g/mol. The summed E-state index contributed by atoms with van der Waals surface area (Å²) >= 11 is 5.14. The molecule has 1 amide bonds. The summed E-state index contributed by atoms with van der Waals surface area (Å²) in [5.74, 6) is -0.0533. The Morgan fingerprint density at radius 3 is 3.00 bits per heavy atom. The van der Waals surface area contributed by atoms with E-state index in [0.717, 1.165) is 40.3 Å². The number of fused-ring (bicyclic) bond motifs is 1. The lowest BCUT2D eigenvalue weighted by Gasteiger charge is -2.03. The van der Waals surface area contributed by atoms with Crippen molar-refractivity contribution < 1.29 is 4.79 Å². The molecule has 0 aliphatic heterocycles. The highest BCUT2D eigenvalue weighted by Gasteiger charge is 2.09. The average Bonchev–Trinajstić information content (AvgIpc) is 3.12. The van der Waals surface area contributed by atoms with Crippen LogP contribution in [0, 0.1) is 6.92 Å². The van der Waals surface area contributed by atoms with Crippen molar-refractivity contribution in [2.24, 2.45) is 0 Å². The molecule has 6 heteroatoms. The van der Waals surface area contributed by atoms with Crippen molar-refractivity contribution in [2.45, 2.75) is 26.2 Å². The van der Waals surface area contributed by atoms with E-state index in [1.165, 1.54) is 5.01 Å². The Morgan fingerprint density at radius 1 is 1.35 bits per heavy atom. The van der Waals surface area contributed by atoms with E-state index < -0.39 is 0 Å². The third kappa shape index (κ3) is 4.20. The van der Waals surface area contributed by atoms with Crippen molar-refractivity contribution in [1.29, 1.82) is 0 Å². The lowest BCUT2D eigenvalue weighted by atomic mass is 10.2. The topological polar surface area (TPSA) is 57.8 Å². The minimum atomic E-state index is -0.0533. The first-order valence-corrected chi connectivity index (χ1v) is 9.26. The molecular formula is C17H18BrN3OS. The summed E-state index contributed by atoms with van der Waals surface area (Å²) in [4.78, 5) is 19.8. The molecule has 4 nitrogen and oxygen atoms in total. The van der Waals surface area contributed by atoms with E-state index in [1.54, 1.807) is 11.3 Å². The Morgan fingerprint density at radius 2 is 2.22 bits per heavy atom. The number of nitrogens with zero attached hydrogens (tertiary/aromatic N) is 1. The van der Waals surface area contributed by atoms with Crippen LogP contribution in [0.25, 0.3) is 10.9 Å². The maximum absolute atomic E-state index is 12.2. The Balaban J connectivity index is 1.46.